The SMILES string of the molecule is CCCc1nnsc1C(N)c1c(Cl)cnn1C(C)C. The zero-order valence-corrected chi connectivity index (χ0v) is 12.9. The number of hydrogen-bond donors (Lipinski definition) is 1. The molecule has 0 aliphatic carbocycles. The van der Waals surface area contributed by atoms with E-state index in [0.29, 0.717) is 5.02 Å². The molecule has 0 amide bonds. The van der Waals surface area contributed by atoms with Crippen LogP contribution in [0.15, 0.2) is 6.20 Å². The first kappa shape index (κ1) is 14.4. The van der Waals surface area contributed by atoms with Crippen LogP contribution in [-0.4, -0.2) is 19.4 Å². The fraction of sp³-hybridized carbons (Fsp3) is 0.583. The van der Waals surface area contributed by atoms with Gasteiger partial charge in [0, 0.05) is 6.04 Å². The van der Waals surface area contributed by atoms with Crippen molar-refractivity contribution in [3.63, 3.8) is 0 Å². The van der Waals surface area contributed by atoms with Crippen molar-refractivity contribution < 1.29 is 0 Å². The number of nitrogens with two attached hydrogens (primary N) is 1. The van der Waals surface area contributed by atoms with Crippen molar-refractivity contribution in [3.05, 3.63) is 27.5 Å². The van der Waals surface area contributed by atoms with Crippen LogP contribution in [0.4, 0.5) is 0 Å². The summed E-state index contributed by atoms with van der Waals surface area (Å²) in [7, 11) is 0. The van der Waals surface area contributed by atoms with Crippen molar-refractivity contribution in [2.24, 2.45) is 5.73 Å². The Bertz CT molecular complexity index is 548. The molecule has 0 spiro atoms. The second-order valence-corrected chi connectivity index (χ2v) is 5.92. The molecule has 0 radical (unpaired) electrons. The van der Waals surface area contributed by atoms with E-state index in [9.17, 15) is 0 Å². The van der Waals surface area contributed by atoms with Crippen molar-refractivity contribution in [1.82, 2.24) is 19.4 Å². The van der Waals surface area contributed by atoms with Crippen LogP contribution in [-0.2, 0) is 6.42 Å². The van der Waals surface area contributed by atoms with E-state index in [2.05, 4.69) is 35.5 Å². The molecular formula is C12H18ClN5S. The minimum absolute atomic E-state index is 0.212. The van der Waals surface area contributed by atoms with Gasteiger partial charge >= 0.3 is 0 Å². The molecule has 7 heteroatoms. The van der Waals surface area contributed by atoms with E-state index in [1.807, 2.05) is 4.68 Å². The van der Waals surface area contributed by atoms with Gasteiger partial charge in [-0.3, -0.25) is 4.68 Å². The maximum Gasteiger partial charge on any atom is 0.0867 e. The van der Waals surface area contributed by atoms with E-state index < -0.39 is 0 Å². The Labute approximate surface area is 121 Å². The average Bonchev–Trinajstić information content (AvgIpc) is 2.95. The first-order valence-corrected chi connectivity index (χ1v) is 7.51. The Balaban J connectivity index is 2.41. The Kier molecular flexibility index (Phi) is 4.54. The number of rotatable bonds is 5. The zero-order chi connectivity index (χ0) is 14.0. The smallest absolute Gasteiger partial charge is 0.0867 e. The van der Waals surface area contributed by atoms with Gasteiger partial charge in [-0.25, -0.2) is 0 Å². The summed E-state index contributed by atoms with van der Waals surface area (Å²) >= 11 is 7.57. The van der Waals surface area contributed by atoms with Gasteiger partial charge in [-0.1, -0.05) is 29.4 Å². The summed E-state index contributed by atoms with van der Waals surface area (Å²) < 4.78 is 5.88. The molecule has 104 valence electrons. The van der Waals surface area contributed by atoms with Crippen LogP contribution in [0.5, 0.6) is 0 Å². The van der Waals surface area contributed by atoms with E-state index >= 15 is 0 Å². The van der Waals surface area contributed by atoms with Gasteiger partial charge in [0.15, 0.2) is 0 Å². The summed E-state index contributed by atoms with van der Waals surface area (Å²) in [5, 5.41) is 9.04. The quantitative estimate of drug-likeness (QED) is 0.921. The Hall–Kier alpha value is -0.980. The number of nitrogens with zero attached hydrogens (tertiary/aromatic N) is 4. The van der Waals surface area contributed by atoms with E-state index in [1.54, 1.807) is 6.20 Å². The monoisotopic (exact) mass is 299 g/mol. The summed E-state index contributed by atoms with van der Waals surface area (Å²) in [6, 6.07) is -0.108. The predicted molar refractivity (Wildman–Crippen MR) is 77.6 cm³/mol. The molecule has 5 nitrogen and oxygen atoms in total. The molecule has 0 saturated carbocycles. The summed E-state index contributed by atoms with van der Waals surface area (Å²) in [5.74, 6) is 0. The summed E-state index contributed by atoms with van der Waals surface area (Å²) in [4.78, 5) is 0.978. The second kappa shape index (κ2) is 5.98. The van der Waals surface area contributed by atoms with E-state index in [1.165, 1.54) is 11.5 Å². The molecule has 2 aromatic heterocycles. The van der Waals surface area contributed by atoms with Gasteiger partial charge in [0.1, 0.15) is 0 Å². The van der Waals surface area contributed by atoms with Crippen LogP contribution >= 0.6 is 23.1 Å². The minimum atomic E-state index is -0.320. The molecule has 1 atom stereocenters. The molecule has 2 rings (SSSR count). The van der Waals surface area contributed by atoms with Crippen molar-refractivity contribution in [3.8, 4) is 0 Å². The predicted octanol–water partition coefficient (Wildman–Crippen LogP) is 2.97. The van der Waals surface area contributed by atoms with Gasteiger partial charge in [-0.2, -0.15) is 5.10 Å². The van der Waals surface area contributed by atoms with Crippen LogP contribution < -0.4 is 5.73 Å². The third kappa shape index (κ3) is 2.80. The molecule has 2 N–H and O–H groups in total. The van der Waals surface area contributed by atoms with Crippen LogP contribution in [0.2, 0.25) is 5.02 Å². The van der Waals surface area contributed by atoms with Crippen LogP contribution in [0.1, 0.15) is 55.5 Å². The van der Waals surface area contributed by atoms with E-state index in [4.69, 9.17) is 17.3 Å². The molecule has 2 aromatic rings. The zero-order valence-electron chi connectivity index (χ0n) is 11.3. The molecule has 0 bridgehead atoms. The van der Waals surface area contributed by atoms with Gasteiger partial charge in [0.05, 0.1) is 33.5 Å². The standard InChI is InChI=1S/C12H18ClN5S/c1-4-5-9-12(19-17-16-9)10(14)11-8(13)6-15-18(11)7(2)3/h6-7,10H,4-5,14H2,1-3H3. The normalized spacial score (nSPS) is 13.2. The first-order chi connectivity index (χ1) is 9.06. The third-order valence-electron chi connectivity index (χ3n) is 2.93. The lowest BCUT2D eigenvalue weighted by Gasteiger charge is -2.16. The lowest BCUT2D eigenvalue weighted by atomic mass is 10.1. The molecule has 1 unspecified atom stereocenters. The highest BCUT2D eigenvalue weighted by atomic mass is 35.5. The van der Waals surface area contributed by atoms with Crippen molar-refractivity contribution in [2.75, 3.05) is 0 Å². The molecule has 0 aliphatic rings. The minimum Gasteiger partial charge on any atom is -0.318 e. The molecule has 0 fully saturated rings. The molecule has 19 heavy (non-hydrogen) atoms. The van der Waals surface area contributed by atoms with Crippen molar-refractivity contribution in [2.45, 2.75) is 45.7 Å². The number of aryl methyl sites for hydroxylation is 1. The van der Waals surface area contributed by atoms with Crippen LogP contribution in [0, 0.1) is 0 Å². The molecule has 0 aromatic carbocycles. The molecule has 2 heterocycles. The number of aromatic nitrogens is 4. The van der Waals surface area contributed by atoms with Gasteiger partial charge in [-0.05, 0) is 31.8 Å². The lowest BCUT2D eigenvalue weighted by molar-refractivity contribution is 0.499. The third-order valence-corrected chi connectivity index (χ3v) is 4.07. The Morgan fingerprint density at radius 1 is 1.47 bits per heavy atom. The summed E-state index contributed by atoms with van der Waals surface area (Å²) in [6.45, 7) is 6.22. The van der Waals surface area contributed by atoms with Crippen LogP contribution in [0.25, 0.3) is 0 Å². The van der Waals surface area contributed by atoms with Gasteiger partial charge in [0.25, 0.3) is 0 Å². The lowest BCUT2D eigenvalue weighted by Crippen LogP contribution is -2.19. The van der Waals surface area contributed by atoms with Crippen molar-refractivity contribution >= 4 is 23.1 Å². The topological polar surface area (TPSA) is 69.6 Å². The number of hydrogen-bond acceptors (Lipinski definition) is 5. The summed E-state index contributed by atoms with van der Waals surface area (Å²) in [5.41, 5.74) is 8.16. The summed E-state index contributed by atoms with van der Waals surface area (Å²) in [6.07, 6.45) is 3.54. The highest BCUT2D eigenvalue weighted by Crippen LogP contribution is 2.31. The Morgan fingerprint density at radius 2 is 2.21 bits per heavy atom. The number of halogens is 1. The average molecular weight is 300 g/mol. The highest BCUT2D eigenvalue weighted by Gasteiger charge is 2.24. The van der Waals surface area contributed by atoms with Gasteiger partial charge in [-0.15, -0.1) is 5.10 Å². The fourth-order valence-corrected chi connectivity index (χ4v) is 2.99. The fourth-order valence-electron chi connectivity index (χ4n) is 2.04. The molecule has 0 aliphatic heterocycles. The Morgan fingerprint density at radius 3 is 2.84 bits per heavy atom. The van der Waals surface area contributed by atoms with E-state index in [-0.39, 0.29) is 12.1 Å². The van der Waals surface area contributed by atoms with Crippen molar-refractivity contribution in [1.29, 1.82) is 0 Å². The van der Waals surface area contributed by atoms with Crippen LogP contribution in [0.3, 0.4) is 0 Å². The highest BCUT2D eigenvalue weighted by molar-refractivity contribution is 7.05. The maximum atomic E-state index is 6.36. The first-order valence-electron chi connectivity index (χ1n) is 6.35. The van der Waals surface area contributed by atoms with Gasteiger partial charge in [0.2, 0.25) is 0 Å². The largest absolute Gasteiger partial charge is 0.318 e. The van der Waals surface area contributed by atoms with Gasteiger partial charge < -0.3 is 5.73 Å². The van der Waals surface area contributed by atoms with E-state index in [0.717, 1.165) is 29.1 Å². The maximum absolute atomic E-state index is 6.36. The molecule has 0 saturated heterocycles. The second-order valence-electron chi connectivity index (χ2n) is 4.73. The molecular weight excluding hydrogens is 282 g/mol.